The van der Waals surface area contributed by atoms with E-state index >= 15 is 0 Å². The third-order valence-corrected chi connectivity index (χ3v) is 2.86. The molecule has 3 heteroatoms. The Morgan fingerprint density at radius 3 is 2.39 bits per heavy atom. The molecule has 0 saturated carbocycles. The Labute approximate surface area is 108 Å². The minimum absolute atomic E-state index is 0.113. The van der Waals surface area contributed by atoms with E-state index in [9.17, 15) is 0 Å². The Morgan fingerprint density at radius 2 is 1.83 bits per heavy atom. The highest BCUT2D eigenvalue weighted by molar-refractivity contribution is 5.34. The normalized spacial score (nSPS) is 12.4. The highest BCUT2D eigenvalue weighted by Gasteiger charge is 2.14. The van der Waals surface area contributed by atoms with E-state index < -0.39 is 0 Å². The third kappa shape index (κ3) is 2.93. The van der Waals surface area contributed by atoms with E-state index in [0.717, 1.165) is 12.2 Å². The smallest absolute Gasteiger partial charge is 0.0801 e. The fraction of sp³-hybridized carbons (Fsp3) is 0.333. The van der Waals surface area contributed by atoms with Crippen LogP contribution in [0.15, 0.2) is 36.8 Å². The molecule has 0 spiro atoms. The topological polar surface area (TPSA) is 37.8 Å². The summed E-state index contributed by atoms with van der Waals surface area (Å²) in [5.74, 6) is 0. The van der Waals surface area contributed by atoms with Gasteiger partial charge >= 0.3 is 0 Å². The number of rotatable bonds is 4. The van der Waals surface area contributed by atoms with E-state index in [1.54, 1.807) is 12.4 Å². The van der Waals surface area contributed by atoms with Crippen LogP contribution in [0.5, 0.6) is 0 Å². The number of hydrogen-bond acceptors (Lipinski definition) is 3. The molecule has 0 fully saturated rings. The summed E-state index contributed by atoms with van der Waals surface area (Å²) in [6.07, 6.45) is 5.27. The zero-order chi connectivity index (χ0) is 13.0. The van der Waals surface area contributed by atoms with Crippen LogP contribution in [0.3, 0.4) is 0 Å². The third-order valence-electron chi connectivity index (χ3n) is 2.86. The molecular weight excluding hydrogens is 222 g/mol. The molecule has 0 aliphatic rings. The minimum Gasteiger partial charge on any atom is -0.305 e. The molecule has 0 bridgehead atoms. The SMILES string of the molecule is CCNC(c1cc(C)cc(C)c1)c1cnccn1. The Balaban J connectivity index is 2.41. The maximum absolute atomic E-state index is 4.41. The van der Waals surface area contributed by atoms with Crippen molar-refractivity contribution in [3.05, 3.63) is 59.2 Å². The summed E-state index contributed by atoms with van der Waals surface area (Å²) in [6, 6.07) is 6.70. The molecule has 3 nitrogen and oxygen atoms in total. The van der Waals surface area contributed by atoms with Crippen LogP contribution >= 0.6 is 0 Å². The maximum Gasteiger partial charge on any atom is 0.0801 e. The highest BCUT2D eigenvalue weighted by atomic mass is 14.9. The number of benzene rings is 1. The molecule has 0 radical (unpaired) electrons. The lowest BCUT2D eigenvalue weighted by Crippen LogP contribution is -2.23. The Kier molecular flexibility index (Phi) is 4.05. The van der Waals surface area contributed by atoms with Gasteiger partial charge in [0.1, 0.15) is 0 Å². The van der Waals surface area contributed by atoms with Gasteiger partial charge in [-0.25, -0.2) is 0 Å². The van der Waals surface area contributed by atoms with Gasteiger partial charge in [0, 0.05) is 12.4 Å². The van der Waals surface area contributed by atoms with E-state index in [4.69, 9.17) is 0 Å². The number of nitrogens with zero attached hydrogens (tertiary/aromatic N) is 2. The van der Waals surface area contributed by atoms with Gasteiger partial charge in [0.2, 0.25) is 0 Å². The molecule has 1 aromatic carbocycles. The molecular formula is C15H19N3. The van der Waals surface area contributed by atoms with Crippen LogP contribution in [-0.4, -0.2) is 16.5 Å². The van der Waals surface area contributed by atoms with Crippen LogP contribution in [0.25, 0.3) is 0 Å². The van der Waals surface area contributed by atoms with E-state index in [-0.39, 0.29) is 6.04 Å². The molecule has 1 N–H and O–H groups in total. The van der Waals surface area contributed by atoms with Crippen molar-refractivity contribution in [1.82, 2.24) is 15.3 Å². The molecule has 18 heavy (non-hydrogen) atoms. The van der Waals surface area contributed by atoms with Crippen LogP contribution in [0, 0.1) is 13.8 Å². The van der Waals surface area contributed by atoms with Crippen LogP contribution in [0.4, 0.5) is 0 Å². The van der Waals surface area contributed by atoms with Crippen molar-refractivity contribution in [2.24, 2.45) is 0 Å². The van der Waals surface area contributed by atoms with Crippen molar-refractivity contribution in [3.63, 3.8) is 0 Å². The summed E-state index contributed by atoms with van der Waals surface area (Å²) in [7, 11) is 0. The number of aryl methyl sites for hydroxylation is 2. The van der Waals surface area contributed by atoms with Gasteiger partial charge in [0.25, 0.3) is 0 Å². The molecule has 1 aromatic heterocycles. The van der Waals surface area contributed by atoms with Crippen molar-refractivity contribution in [2.75, 3.05) is 6.54 Å². The van der Waals surface area contributed by atoms with E-state index in [2.05, 4.69) is 54.3 Å². The van der Waals surface area contributed by atoms with E-state index in [1.165, 1.54) is 16.7 Å². The standard InChI is InChI=1S/C15H19N3/c1-4-17-15(14-10-16-5-6-18-14)13-8-11(2)7-12(3)9-13/h5-10,15,17H,4H2,1-3H3. The summed E-state index contributed by atoms with van der Waals surface area (Å²) in [6.45, 7) is 7.24. The zero-order valence-electron chi connectivity index (χ0n) is 11.1. The van der Waals surface area contributed by atoms with Gasteiger partial charge in [-0.1, -0.05) is 36.2 Å². The first kappa shape index (κ1) is 12.7. The summed E-state index contributed by atoms with van der Waals surface area (Å²) in [4.78, 5) is 8.56. The summed E-state index contributed by atoms with van der Waals surface area (Å²) >= 11 is 0. The van der Waals surface area contributed by atoms with Gasteiger partial charge in [0.05, 0.1) is 17.9 Å². The molecule has 94 valence electrons. The predicted molar refractivity (Wildman–Crippen MR) is 73.5 cm³/mol. The molecule has 1 heterocycles. The first-order chi connectivity index (χ1) is 8.70. The maximum atomic E-state index is 4.41. The Bertz CT molecular complexity index is 488. The largest absolute Gasteiger partial charge is 0.305 e. The van der Waals surface area contributed by atoms with Gasteiger partial charge in [-0.2, -0.15) is 0 Å². The number of aromatic nitrogens is 2. The van der Waals surface area contributed by atoms with Crippen molar-refractivity contribution >= 4 is 0 Å². The van der Waals surface area contributed by atoms with Crippen molar-refractivity contribution in [3.8, 4) is 0 Å². The van der Waals surface area contributed by atoms with Crippen LogP contribution in [-0.2, 0) is 0 Å². The van der Waals surface area contributed by atoms with Gasteiger partial charge in [-0.05, 0) is 26.0 Å². The van der Waals surface area contributed by atoms with E-state index in [1.807, 2.05) is 6.20 Å². The Morgan fingerprint density at radius 1 is 1.11 bits per heavy atom. The fourth-order valence-electron chi connectivity index (χ4n) is 2.23. The number of nitrogens with one attached hydrogen (secondary N) is 1. The van der Waals surface area contributed by atoms with Gasteiger partial charge in [0.15, 0.2) is 0 Å². The average Bonchev–Trinajstić information content (AvgIpc) is 2.36. The Hall–Kier alpha value is -1.74. The first-order valence-electron chi connectivity index (χ1n) is 6.28. The summed E-state index contributed by atoms with van der Waals surface area (Å²) in [5.41, 5.74) is 4.76. The summed E-state index contributed by atoms with van der Waals surface area (Å²) < 4.78 is 0. The number of hydrogen-bond donors (Lipinski definition) is 1. The highest BCUT2D eigenvalue weighted by Crippen LogP contribution is 2.22. The van der Waals surface area contributed by atoms with Gasteiger partial charge in [-0.15, -0.1) is 0 Å². The average molecular weight is 241 g/mol. The molecule has 0 aliphatic heterocycles. The molecule has 2 aromatic rings. The summed E-state index contributed by atoms with van der Waals surface area (Å²) in [5, 5.41) is 3.47. The van der Waals surface area contributed by atoms with Crippen molar-refractivity contribution in [2.45, 2.75) is 26.8 Å². The quantitative estimate of drug-likeness (QED) is 0.894. The second-order valence-electron chi connectivity index (χ2n) is 4.54. The van der Waals surface area contributed by atoms with Gasteiger partial charge < -0.3 is 5.32 Å². The second kappa shape index (κ2) is 5.74. The lowest BCUT2D eigenvalue weighted by molar-refractivity contribution is 0.612. The fourth-order valence-corrected chi connectivity index (χ4v) is 2.23. The first-order valence-corrected chi connectivity index (χ1v) is 6.28. The monoisotopic (exact) mass is 241 g/mol. The second-order valence-corrected chi connectivity index (χ2v) is 4.54. The van der Waals surface area contributed by atoms with Crippen LogP contribution in [0.1, 0.15) is 35.3 Å². The molecule has 1 unspecified atom stereocenters. The van der Waals surface area contributed by atoms with Crippen LogP contribution in [0.2, 0.25) is 0 Å². The van der Waals surface area contributed by atoms with Gasteiger partial charge in [-0.3, -0.25) is 9.97 Å². The molecule has 2 rings (SSSR count). The molecule has 1 atom stereocenters. The van der Waals surface area contributed by atoms with Crippen molar-refractivity contribution in [1.29, 1.82) is 0 Å². The molecule has 0 saturated heterocycles. The minimum atomic E-state index is 0.113. The molecule has 0 aliphatic carbocycles. The lowest BCUT2D eigenvalue weighted by atomic mass is 9.99. The molecule has 0 amide bonds. The lowest BCUT2D eigenvalue weighted by Gasteiger charge is -2.18. The predicted octanol–water partition coefficient (Wildman–Crippen LogP) is 2.79. The zero-order valence-corrected chi connectivity index (χ0v) is 11.1. The van der Waals surface area contributed by atoms with Crippen molar-refractivity contribution < 1.29 is 0 Å². The van der Waals surface area contributed by atoms with Crippen LogP contribution < -0.4 is 5.32 Å². The van der Waals surface area contributed by atoms with E-state index in [0.29, 0.717) is 0 Å².